The summed E-state index contributed by atoms with van der Waals surface area (Å²) in [6, 6.07) is 10.2. The Morgan fingerprint density at radius 2 is 1.84 bits per heavy atom. The minimum atomic E-state index is -4.79. The lowest BCUT2D eigenvalue weighted by atomic mass is 10.1. The van der Waals surface area contributed by atoms with Crippen molar-refractivity contribution in [2.45, 2.75) is 19.7 Å². The van der Waals surface area contributed by atoms with Crippen LogP contribution in [0.4, 0.5) is 24.7 Å². The molecule has 0 fully saturated rings. The average Bonchev–Trinajstić information content (AvgIpc) is 2.75. The van der Waals surface area contributed by atoms with Crippen LogP contribution in [0, 0.1) is 6.92 Å². The number of carbonyl (C=O) groups is 1. The number of nitrogens with zero attached hydrogens (tertiary/aromatic N) is 2. The standard InChI is InChI=1S/C22H21F3N4O3/c1-14-3-4-15(12-27-14)19-11-16(13-28-20(19)26-9-2-10-30)21(31)29-17-5-7-18(8-6-17)32-22(23,24)25/h3-8,11-13,30H,2,9-10H2,1H3,(H,26,28)(H,29,31). The number of anilines is 2. The summed E-state index contributed by atoms with van der Waals surface area (Å²) in [4.78, 5) is 21.3. The van der Waals surface area contributed by atoms with Crippen LogP contribution in [-0.4, -0.2) is 40.5 Å². The molecule has 3 N–H and O–H groups in total. The lowest BCUT2D eigenvalue weighted by molar-refractivity contribution is -0.274. The Morgan fingerprint density at radius 1 is 1.09 bits per heavy atom. The molecule has 2 heterocycles. The first kappa shape index (κ1) is 23.0. The SMILES string of the molecule is Cc1ccc(-c2cc(C(=O)Nc3ccc(OC(F)(F)F)cc3)cnc2NCCCO)cn1. The molecule has 168 valence electrons. The van der Waals surface area contributed by atoms with E-state index in [1.54, 1.807) is 12.3 Å². The predicted molar refractivity (Wildman–Crippen MR) is 113 cm³/mol. The fraction of sp³-hybridized carbons (Fsp3) is 0.227. The molecule has 1 aromatic carbocycles. The van der Waals surface area contributed by atoms with Crippen LogP contribution >= 0.6 is 0 Å². The van der Waals surface area contributed by atoms with Gasteiger partial charge in [0, 0.05) is 48.1 Å². The van der Waals surface area contributed by atoms with Crippen LogP contribution in [-0.2, 0) is 0 Å². The van der Waals surface area contributed by atoms with Crippen molar-refractivity contribution in [2.75, 3.05) is 23.8 Å². The van der Waals surface area contributed by atoms with Crippen molar-refractivity contribution in [3.63, 3.8) is 0 Å². The molecule has 2 aromatic heterocycles. The predicted octanol–water partition coefficient (Wildman–Crippen LogP) is 4.40. The Kier molecular flexibility index (Phi) is 7.26. The highest BCUT2D eigenvalue weighted by Gasteiger charge is 2.31. The van der Waals surface area contributed by atoms with E-state index >= 15 is 0 Å². The second-order valence-corrected chi connectivity index (χ2v) is 6.84. The first-order chi connectivity index (χ1) is 15.2. The van der Waals surface area contributed by atoms with Crippen molar-refractivity contribution in [1.82, 2.24) is 9.97 Å². The van der Waals surface area contributed by atoms with Crippen LogP contribution in [0.25, 0.3) is 11.1 Å². The molecule has 0 aliphatic rings. The summed E-state index contributed by atoms with van der Waals surface area (Å²) in [5, 5.41) is 14.8. The normalized spacial score (nSPS) is 11.2. The number of alkyl halides is 3. The lowest BCUT2D eigenvalue weighted by Crippen LogP contribution is -2.17. The largest absolute Gasteiger partial charge is 0.573 e. The number of aromatic nitrogens is 2. The Hall–Kier alpha value is -3.66. The second kappa shape index (κ2) is 10.1. The Balaban J connectivity index is 1.81. The monoisotopic (exact) mass is 446 g/mol. The Morgan fingerprint density at radius 3 is 2.47 bits per heavy atom. The van der Waals surface area contributed by atoms with Gasteiger partial charge in [0.15, 0.2) is 0 Å². The van der Waals surface area contributed by atoms with Gasteiger partial charge in [0.25, 0.3) is 5.91 Å². The highest BCUT2D eigenvalue weighted by molar-refractivity contribution is 6.05. The molecule has 3 rings (SSSR count). The van der Waals surface area contributed by atoms with Crippen LogP contribution in [0.5, 0.6) is 5.75 Å². The van der Waals surface area contributed by atoms with Crippen molar-refractivity contribution in [3.8, 4) is 16.9 Å². The van der Waals surface area contributed by atoms with Gasteiger partial charge in [-0.2, -0.15) is 0 Å². The number of hydrogen-bond donors (Lipinski definition) is 3. The first-order valence-electron chi connectivity index (χ1n) is 9.70. The highest BCUT2D eigenvalue weighted by atomic mass is 19.4. The number of rotatable bonds is 8. The minimum Gasteiger partial charge on any atom is -0.406 e. The number of aliphatic hydroxyl groups is 1. The number of benzene rings is 1. The number of carbonyl (C=O) groups excluding carboxylic acids is 1. The van der Waals surface area contributed by atoms with Crippen molar-refractivity contribution in [3.05, 3.63) is 66.1 Å². The molecule has 0 aliphatic carbocycles. The van der Waals surface area contributed by atoms with Crippen LogP contribution in [0.2, 0.25) is 0 Å². The van der Waals surface area contributed by atoms with E-state index in [4.69, 9.17) is 5.11 Å². The average molecular weight is 446 g/mol. The van der Waals surface area contributed by atoms with Crippen LogP contribution in [0.3, 0.4) is 0 Å². The molecule has 0 unspecified atom stereocenters. The number of aryl methyl sites for hydroxylation is 1. The Bertz CT molecular complexity index is 1060. The third kappa shape index (κ3) is 6.42. The van der Waals surface area contributed by atoms with Gasteiger partial charge in [-0.05, 0) is 49.7 Å². The summed E-state index contributed by atoms with van der Waals surface area (Å²) in [5.41, 5.74) is 2.79. The van der Waals surface area contributed by atoms with E-state index in [0.29, 0.717) is 30.0 Å². The van der Waals surface area contributed by atoms with Gasteiger partial charge in [-0.15, -0.1) is 13.2 Å². The zero-order valence-electron chi connectivity index (χ0n) is 17.1. The van der Waals surface area contributed by atoms with E-state index in [9.17, 15) is 18.0 Å². The molecule has 0 saturated carbocycles. The molecule has 0 saturated heterocycles. The molecule has 3 aromatic rings. The van der Waals surface area contributed by atoms with Gasteiger partial charge in [0.05, 0.1) is 5.56 Å². The van der Waals surface area contributed by atoms with Crippen molar-refractivity contribution >= 4 is 17.4 Å². The maximum Gasteiger partial charge on any atom is 0.573 e. The van der Waals surface area contributed by atoms with Gasteiger partial charge in [0.1, 0.15) is 11.6 Å². The number of ether oxygens (including phenoxy) is 1. The molecular formula is C22H21F3N4O3. The molecule has 0 radical (unpaired) electrons. The van der Waals surface area contributed by atoms with Gasteiger partial charge in [0.2, 0.25) is 0 Å². The van der Waals surface area contributed by atoms with Gasteiger partial charge < -0.3 is 20.5 Å². The summed E-state index contributed by atoms with van der Waals surface area (Å²) in [5.74, 6) is -0.329. The third-order valence-electron chi connectivity index (χ3n) is 4.35. The molecule has 32 heavy (non-hydrogen) atoms. The molecule has 7 nitrogen and oxygen atoms in total. The van der Waals surface area contributed by atoms with E-state index in [0.717, 1.165) is 23.4 Å². The lowest BCUT2D eigenvalue weighted by Gasteiger charge is -2.13. The molecular weight excluding hydrogens is 425 g/mol. The van der Waals surface area contributed by atoms with Crippen molar-refractivity contribution in [1.29, 1.82) is 0 Å². The summed E-state index contributed by atoms with van der Waals surface area (Å²) < 4.78 is 40.7. The summed E-state index contributed by atoms with van der Waals surface area (Å²) in [6.07, 6.45) is -1.19. The summed E-state index contributed by atoms with van der Waals surface area (Å²) in [7, 11) is 0. The molecule has 0 aliphatic heterocycles. The maximum atomic E-state index is 12.7. The quantitative estimate of drug-likeness (QED) is 0.444. The fourth-order valence-corrected chi connectivity index (χ4v) is 2.81. The van der Waals surface area contributed by atoms with Gasteiger partial charge in [-0.25, -0.2) is 4.98 Å². The minimum absolute atomic E-state index is 0.0295. The van der Waals surface area contributed by atoms with E-state index in [-0.39, 0.29) is 17.9 Å². The third-order valence-corrected chi connectivity index (χ3v) is 4.35. The van der Waals surface area contributed by atoms with E-state index in [1.165, 1.54) is 18.3 Å². The van der Waals surface area contributed by atoms with E-state index < -0.39 is 12.3 Å². The number of amides is 1. The van der Waals surface area contributed by atoms with Crippen LogP contribution < -0.4 is 15.4 Å². The number of hydrogen-bond acceptors (Lipinski definition) is 6. The maximum absolute atomic E-state index is 12.7. The molecule has 1 amide bonds. The number of nitrogens with one attached hydrogen (secondary N) is 2. The summed E-state index contributed by atoms with van der Waals surface area (Å²) in [6.45, 7) is 2.38. The first-order valence-corrected chi connectivity index (χ1v) is 9.70. The highest BCUT2D eigenvalue weighted by Crippen LogP contribution is 2.28. The van der Waals surface area contributed by atoms with Gasteiger partial charge in [-0.3, -0.25) is 9.78 Å². The smallest absolute Gasteiger partial charge is 0.406 e. The Labute approximate surface area is 182 Å². The van der Waals surface area contributed by atoms with Gasteiger partial charge in [-0.1, -0.05) is 6.07 Å². The van der Waals surface area contributed by atoms with E-state index in [2.05, 4.69) is 25.3 Å². The molecule has 0 atom stereocenters. The number of halogens is 3. The van der Waals surface area contributed by atoms with Crippen molar-refractivity contribution in [2.24, 2.45) is 0 Å². The zero-order chi connectivity index (χ0) is 23.1. The van der Waals surface area contributed by atoms with E-state index in [1.807, 2.05) is 19.1 Å². The fourth-order valence-electron chi connectivity index (χ4n) is 2.81. The summed E-state index contributed by atoms with van der Waals surface area (Å²) >= 11 is 0. The number of pyridine rings is 2. The number of aliphatic hydroxyl groups excluding tert-OH is 1. The van der Waals surface area contributed by atoms with Gasteiger partial charge >= 0.3 is 6.36 Å². The van der Waals surface area contributed by atoms with Crippen molar-refractivity contribution < 1.29 is 27.8 Å². The second-order valence-electron chi connectivity index (χ2n) is 6.84. The molecule has 0 bridgehead atoms. The van der Waals surface area contributed by atoms with Crippen LogP contribution in [0.1, 0.15) is 22.5 Å². The zero-order valence-corrected chi connectivity index (χ0v) is 17.1. The topological polar surface area (TPSA) is 96.4 Å². The molecule has 0 spiro atoms. The van der Waals surface area contributed by atoms with Crippen LogP contribution in [0.15, 0.2) is 54.9 Å². The molecule has 10 heteroatoms.